The Kier molecular flexibility index (Phi) is 6.79. The van der Waals surface area contributed by atoms with Gasteiger partial charge in [0, 0.05) is 24.5 Å². The van der Waals surface area contributed by atoms with Crippen molar-refractivity contribution in [2.24, 2.45) is 0 Å². The lowest BCUT2D eigenvalue weighted by atomic mass is 10.0. The molecule has 0 unspecified atom stereocenters. The summed E-state index contributed by atoms with van der Waals surface area (Å²) in [5.74, 6) is -0.00746. The van der Waals surface area contributed by atoms with Gasteiger partial charge in [0.05, 0.1) is 18.3 Å². The summed E-state index contributed by atoms with van der Waals surface area (Å²) < 4.78 is 6.91. The molecular weight excluding hydrogens is 456 g/mol. The molecule has 2 aromatic carbocycles. The van der Waals surface area contributed by atoms with E-state index in [1.807, 2.05) is 54.6 Å². The summed E-state index contributed by atoms with van der Waals surface area (Å²) in [6.07, 6.45) is 4.78. The van der Waals surface area contributed by atoms with Gasteiger partial charge in [-0.25, -0.2) is 4.68 Å². The van der Waals surface area contributed by atoms with Gasteiger partial charge in [0.2, 0.25) is 11.8 Å². The molecule has 0 fully saturated rings. The number of rotatable bonds is 9. The Bertz CT molecular complexity index is 1430. The monoisotopic (exact) mass is 480 g/mol. The van der Waals surface area contributed by atoms with E-state index in [1.165, 1.54) is 0 Å². The average Bonchev–Trinajstić information content (AvgIpc) is 3.59. The maximum Gasteiger partial charge on any atom is 0.247 e. The van der Waals surface area contributed by atoms with Gasteiger partial charge in [-0.15, -0.1) is 5.10 Å². The Morgan fingerprint density at radius 1 is 0.972 bits per heavy atom. The topological polar surface area (TPSA) is 106 Å². The molecule has 3 aromatic heterocycles. The summed E-state index contributed by atoms with van der Waals surface area (Å²) in [6.45, 7) is 0.347. The normalized spacial score (nSPS) is 11.8. The summed E-state index contributed by atoms with van der Waals surface area (Å²) in [5, 5.41) is 11.2. The highest BCUT2D eigenvalue weighted by molar-refractivity contribution is 5.89. The van der Waals surface area contributed by atoms with Gasteiger partial charge < -0.3 is 14.6 Å². The summed E-state index contributed by atoms with van der Waals surface area (Å²) in [6, 6.07) is 23.2. The molecule has 9 nitrogen and oxygen atoms in total. The molecule has 1 N–H and O–H groups in total. The van der Waals surface area contributed by atoms with Crippen LogP contribution in [0.2, 0.25) is 0 Å². The van der Waals surface area contributed by atoms with Crippen molar-refractivity contribution in [3.05, 3.63) is 114 Å². The van der Waals surface area contributed by atoms with Crippen LogP contribution >= 0.6 is 0 Å². The van der Waals surface area contributed by atoms with Crippen LogP contribution in [0.25, 0.3) is 11.0 Å². The van der Waals surface area contributed by atoms with Crippen molar-refractivity contribution in [1.82, 2.24) is 30.2 Å². The fourth-order valence-corrected chi connectivity index (χ4v) is 4.05. The van der Waals surface area contributed by atoms with E-state index >= 15 is 0 Å². The number of nitrogens with one attached hydrogen (secondary N) is 1. The van der Waals surface area contributed by atoms with Gasteiger partial charge >= 0.3 is 0 Å². The van der Waals surface area contributed by atoms with E-state index in [1.54, 1.807) is 52.5 Å². The number of amides is 2. The lowest BCUT2D eigenvalue weighted by Crippen LogP contribution is -2.44. The summed E-state index contributed by atoms with van der Waals surface area (Å²) in [4.78, 5) is 33.2. The summed E-state index contributed by atoms with van der Waals surface area (Å²) in [7, 11) is 0. The number of carbonyl (C=O) groups excluding carboxylic acids is 2. The Balaban J connectivity index is 1.49. The third-order valence-corrected chi connectivity index (χ3v) is 5.80. The van der Waals surface area contributed by atoms with Crippen LogP contribution in [0.5, 0.6) is 0 Å². The number of hydrogen-bond acceptors (Lipinski definition) is 6. The minimum Gasteiger partial charge on any atom is -0.467 e. The number of nitrogens with zero attached hydrogens (tertiary/aromatic N) is 5. The van der Waals surface area contributed by atoms with Crippen molar-refractivity contribution in [1.29, 1.82) is 0 Å². The zero-order valence-electron chi connectivity index (χ0n) is 19.4. The van der Waals surface area contributed by atoms with Crippen LogP contribution in [-0.4, -0.2) is 36.7 Å². The van der Waals surface area contributed by atoms with E-state index in [-0.39, 0.29) is 31.4 Å². The van der Waals surface area contributed by atoms with Gasteiger partial charge in [-0.3, -0.25) is 14.6 Å². The van der Waals surface area contributed by atoms with E-state index in [9.17, 15) is 9.59 Å². The number of para-hydroxylation sites is 1. The van der Waals surface area contributed by atoms with Crippen molar-refractivity contribution in [2.75, 3.05) is 0 Å². The molecule has 36 heavy (non-hydrogen) atoms. The molecule has 2 amide bonds. The molecule has 9 heteroatoms. The van der Waals surface area contributed by atoms with Gasteiger partial charge in [0.1, 0.15) is 23.9 Å². The first kappa shape index (κ1) is 23.0. The highest BCUT2D eigenvalue weighted by atomic mass is 16.3. The molecule has 1 atom stereocenters. The van der Waals surface area contributed by atoms with Crippen molar-refractivity contribution in [2.45, 2.75) is 25.7 Å². The molecule has 0 aliphatic carbocycles. The quantitative estimate of drug-likeness (QED) is 0.346. The van der Waals surface area contributed by atoms with E-state index in [0.717, 1.165) is 11.1 Å². The smallest absolute Gasteiger partial charge is 0.247 e. The fraction of sp³-hybridized carbons (Fsp3) is 0.148. The molecule has 180 valence electrons. The van der Waals surface area contributed by atoms with Gasteiger partial charge in [0.15, 0.2) is 0 Å². The lowest BCUT2D eigenvalue weighted by molar-refractivity contribution is -0.142. The number of carbonyl (C=O) groups is 2. The second-order valence-corrected chi connectivity index (χ2v) is 8.23. The molecular formula is C27H24N6O3. The van der Waals surface area contributed by atoms with Crippen molar-refractivity contribution >= 4 is 22.8 Å². The Labute approximate surface area is 207 Å². The Morgan fingerprint density at radius 2 is 1.81 bits per heavy atom. The second-order valence-electron chi connectivity index (χ2n) is 8.23. The zero-order valence-corrected chi connectivity index (χ0v) is 19.4. The Hall–Kier alpha value is -4.79. The van der Waals surface area contributed by atoms with Crippen molar-refractivity contribution in [3.8, 4) is 0 Å². The lowest BCUT2D eigenvalue weighted by Gasteiger charge is -2.31. The van der Waals surface area contributed by atoms with Crippen LogP contribution in [0.3, 0.4) is 0 Å². The van der Waals surface area contributed by atoms with Crippen LogP contribution in [-0.2, 0) is 29.2 Å². The highest BCUT2D eigenvalue weighted by Crippen LogP contribution is 2.24. The summed E-state index contributed by atoms with van der Waals surface area (Å²) in [5.41, 5.74) is 2.93. The van der Waals surface area contributed by atoms with E-state index in [2.05, 4.69) is 20.6 Å². The van der Waals surface area contributed by atoms with Crippen molar-refractivity contribution < 1.29 is 14.0 Å². The van der Waals surface area contributed by atoms with Crippen molar-refractivity contribution in [3.63, 3.8) is 0 Å². The Morgan fingerprint density at radius 3 is 2.58 bits per heavy atom. The van der Waals surface area contributed by atoms with Gasteiger partial charge in [-0.05, 0) is 35.9 Å². The molecule has 0 radical (unpaired) electrons. The predicted molar refractivity (Wildman–Crippen MR) is 132 cm³/mol. The molecule has 0 saturated carbocycles. The SMILES string of the molecule is O=C(NCc1ccco1)[C@@H](c1cccnc1)N(Cc1ccccc1)C(=O)Cn1nnc2ccccc21. The third-order valence-electron chi connectivity index (χ3n) is 5.80. The van der Waals surface area contributed by atoms with E-state index < -0.39 is 6.04 Å². The highest BCUT2D eigenvalue weighted by Gasteiger charge is 2.32. The minimum atomic E-state index is -0.920. The van der Waals surface area contributed by atoms with E-state index in [0.29, 0.717) is 16.8 Å². The standard InChI is InChI=1S/C27H24N6O3/c34-25(19-33-24-13-5-4-12-23(24)30-31-33)32(18-20-8-2-1-3-9-20)26(21-10-6-14-28-16-21)27(35)29-17-22-11-7-15-36-22/h1-16,26H,17-19H2,(H,29,35)/t26-/m1/s1. The van der Waals surface area contributed by atoms with E-state index in [4.69, 9.17) is 4.42 Å². The van der Waals surface area contributed by atoms with Crippen LogP contribution in [0.1, 0.15) is 22.9 Å². The molecule has 5 rings (SSSR count). The number of fused-ring (bicyclic) bond motifs is 1. The summed E-state index contributed by atoms with van der Waals surface area (Å²) >= 11 is 0. The van der Waals surface area contributed by atoms with Crippen LogP contribution < -0.4 is 5.32 Å². The number of aromatic nitrogens is 4. The second kappa shape index (κ2) is 10.6. The van der Waals surface area contributed by atoms with Crippen LogP contribution in [0, 0.1) is 0 Å². The molecule has 0 aliphatic rings. The van der Waals surface area contributed by atoms with Gasteiger partial charge in [-0.1, -0.05) is 53.7 Å². The number of furan rings is 1. The number of hydrogen-bond donors (Lipinski definition) is 1. The largest absolute Gasteiger partial charge is 0.467 e. The molecule has 0 spiro atoms. The third kappa shape index (κ3) is 5.15. The molecule has 0 bridgehead atoms. The molecule has 3 heterocycles. The molecule has 0 aliphatic heterocycles. The van der Waals surface area contributed by atoms with Crippen LogP contribution in [0.15, 0.2) is 102 Å². The van der Waals surface area contributed by atoms with Gasteiger partial charge in [0.25, 0.3) is 0 Å². The predicted octanol–water partition coefficient (Wildman–Crippen LogP) is 3.51. The first-order chi connectivity index (χ1) is 17.7. The molecule has 5 aromatic rings. The average molecular weight is 481 g/mol. The minimum absolute atomic E-state index is 0.0738. The zero-order chi connectivity index (χ0) is 24.7. The first-order valence-corrected chi connectivity index (χ1v) is 11.5. The maximum atomic E-state index is 13.8. The maximum absolute atomic E-state index is 13.8. The van der Waals surface area contributed by atoms with Gasteiger partial charge in [-0.2, -0.15) is 0 Å². The number of pyridine rings is 1. The van der Waals surface area contributed by atoms with Crippen LogP contribution in [0.4, 0.5) is 0 Å². The molecule has 0 saturated heterocycles. The number of benzene rings is 2. The first-order valence-electron chi connectivity index (χ1n) is 11.5. The fourth-order valence-electron chi connectivity index (χ4n) is 4.05.